The Hall–Kier alpha value is -1.83. The quantitative estimate of drug-likeness (QED) is 0.814. The maximum Gasteiger partial charge on any atom is 0.245 e. The maximum absolute atomic E-state index is 12.9. The lowest BCUT2D eigenvalue weighted by atomic mass is 10.2. The molecule has 0 bridgehead atoms. The number of fused-ring (bicyclic) bond motifs is 1. The second kappa shape index (κ2) is 5.99. The minimum Gasteiger partial charge on any atom is -0.344 e. The summed E-state index contributed by atoms with van der Waals surface area (Å²) in [6.07, 6.45) is 5.28. The van der Waals surface area contributed by atoms with Gasteiger partial charge in [0.05, 0.1) is 11.6 Å². The van der Waals surface area contributed by atoms with Crippen molar-refractivity contribution < 1.29 is 4.79 Å². The van der Waals surface area contributed by atoms with Crippen LogP contribution in [0.15, 0.2) is 12.5 Å². The van der Waals surface area contributed by atoms with Gasteiger partial charge in [-0.3, -0.25) is 9.48 Å². The fourth-order valence-corrected chi connectivity index (χ4v) is 4.35. The van der Waals surface area contributed by atoms with Gasteiger partial charge < -0.3 is 9.80 Å². The molecule has 2 fully saturated rings. The van der Waals surface area contributed by atoms with Gasteiger partial charge in [0, 0.05) is 38.2 Å². The van der Waals surface area contributed by atoms with Crippen molar-refractivity contribution in [1.29, 1.82) is 0 Å². The number of nitrogens with zero attached hydrogens (tertiary/aromatic N) is 6. The second-order valence-corrected chi connectivity index (χ2v) is 7.22. The number of hydrogen-bond acceptors (Lipinski definition) is 6. The Kier molecular flexibility index (Phi) is 3.84. The third-order valence-corrected chi connectivity index (χ3v) is 5.58. The molecule has 8 heteroatoms. The number of rotatable bonds is 2. The SMILES string of the molecule is Cn1ncc2c(N3CCC[C@H]3C(=O)N3CCSCC3)ncnc21. The summed E-state index contributed by atoms with van der Waals surface area (Å²) in [6, 6.07) is -0.101. The van der Waals surface area contributed by atoms with Gasteiger partial charge in [0.1, 0.15) is 18.2 Å². The van der Waals surface area contributed by atoms with Crippen molar-refractivity contribution in [3.8, 4) is 0 Å². The largest absolute Gasteiger partial charge is 0.344 e. The van der Waals surface area contributed by atoms with Gasteiger partial charge in [0.2, 0.25) is 5.91 Å². The lowest BCUT2D eigenvalue weighted by Crippen LogP contribution is -2.48. The summed E-state index contributed by atoms with van der Waals surface area (Å²) in [5.74, 6) is 3.17. The molecule has 2 saturated heterocycles. The first-order chi connectivity index (χ1) is 11.3. The number of carbonyl (C=O) groups is 1. The minimum absolute atomic E-state index is 0.101. The van der Waals surface area contributed by atoms with Gasteiger partial charge in [-0.1, -0.05) is 0 Å². The lowest BCUT2D eigenvalue weighted by molar-refractivity contribution is -0.132. The fraction of sp³-hybridized carbons (Fsp3) is 0.600. The van der Waals surface area contributed by atoms with Crippen molar-refractivity contribution in [3.63, 3.8) is 0 Å². The van der Waals surface area contributed by atoms with E-state index < -0.39 is 0 Å². The van der Waals surface area contributed by atoms with E-state index in [0.29, 0.717) is 0 Å². The van der Waals surface area contributed by atoms with Gasteiger partial charge in [-0.2, -0.15) is 16.9 Å². The van der Waals surface area contributed by atoms with E-state index in [1.165, 1.54) is 0 Å². The highest BCUT2D eigenvalue weighted by Crippen LogP contribution is 2.30. The van der Waals surface area contributed by atoms with E-state index in [-0.39, 0.29) is 11.9 Å². The first-order valence-electron chi connectivity index (χ1n) is 8.01. The fourth-order valence-electron chi connectivity index (χ4n) is 3.45. The number of anilines is 1. The zero-order chi connectivity index (χ0) is 15.8. The Morgan fingerprint density at radius 1 is 1.26 bits per heavy atom. The number of amides is 1. The molecule has 2 aliphatic heterocycles. The average Bonchev–Trinajstić information content (AvgIpc) is 3.22. The van der Waals surface area contributed by atoms with E-state index in [1.807, 2.05) is 23.7 Å². The molecule has 1 atom stereocenters. The summed E-state index contributed by atoms with van der Waals surface area (Å²) in [5.41, 5.74) is 0.808. The van der Waals surface area contributed by atoms with Crippen molar-refractivity contribution in [1.82, 2.24) is 24.6 Å². The van der Waals surface area contributed by atoms with Gasteiger partial charge in [0.15, 0.2) is 5.65 Å². The molecule has 1 amide bonds. The third kappa shape index (κ3) is 2.54. The van der Waals surface area contributed by atoms with E-state index in [0.717, 1.165) is 60.8 Å². The van der Waals surface area contributed by atoms with Crippen LogP contribution < -0.4 is 4.90 Å². The topological polar surface area (TPSA) is 67.2 Å². The second-order valence-electron chi connectivity index (χ2n) is 5.99. The van der Waals surface area contributed by atoms with Gasteiger partial charge in [-0.15, -0.1) is 0 Å². The number of hydrogen-bond donors (Lipinski definition) is 0. The molecule has 2 aromatic rings. The first-order valence-corrected chi connectivity index (χ1v) is 9.17. The third-order valence-electron chi connectivity index (χ3n) is 4.64. The Labute approximate surface area is 139 Å². The van der Waals surface area contributed by atoms with E-state index in [2.05, 4.69) is 20.0 Å². The molecule has 0 saturated carbocycles. The Morgan fingerprint density at radius 2 is 2.09 bits per heavy atom. The highest BCUT2D eigenvalue weighted by Gasteiger charge is 2.35. The molecule has 0 aromatic carbocycles. The van der Waals surface area contributed by atoms with Crippen LogP contribution in [0.5, 0.6) is 0 Å². The summed E-state index contributed by atoms with van der Waals surface area (Å²) < 4.78 is 1.75. The normalized spacial score (nSPS) is 22.0. The molecule has 0 unspecified atom stereocenters. The molecule has 0 N–H and O–H groups in total. The molecule has 0 spiro atoms. The highest BCUT2D eigenvalue weighted by molar-refractivity contribution is 7.99. The number of aromatic nitrogens is 4. The Morgan fingerprint density at radius 3 is 2.91 bits per heavy atom. The highest BCUT2D eigenvalue weighted by atomic mass is 32.2. The minimum atomic E-state index is -0.101. The van der Waals surface area contributed by atoms with Gasteiger partial charge in [-0.25, -0.2) is 9.97 Å². The Bertz CT molecular complexity index is 726. The zero-order valence-corrected chi connectivity index (χ0v) is 14.0. The van der Waals surface area contributed by atoms with Crippen molar-refractivity contribution >= 4 is 34.5 Å². The van der Waals surface area contributed by atoms with E-state index in [1.54, 1.807) is 17.2 Å². The Balaban J connectivity index is 1.65. The summed E-state index contributed by atoms with van der Waals surface area (Å²) in [6.45, 7) is 2.58. The van der Waals surface area contributed by atoms with Gasteiger partial charge >= 0.3 is 0 Å². The van der Waals surface area contributed by atoms with E-state index in [4.69, 9.17) is 0 Å². The number of carbonyl (C=O) groups excluding carboxylic acids is 1. The first kappa shape index (κ1) is 14.7. The number of aryl methyl sites for hydroxylation is 1. The predicted octanol–water partition coefficient (Wildman–Crippen LogP) is 0.907. The number of thioether (sulfide) groups is 1. The zero-order valence-electron chi connectivity index (χ0n) is 13.2. The monoisotopic (exact) mass is 332 g/mol. The van der Waals surface area contributed by atoms with Crippen LogP contribution in [0.1, 0.15) is 12.8 Å². The van der Waals surface area contributed by atoms with Crippen molar-refractivity contribution in [2.24, 2.45) is 7.05 Å². The molecule has 4 heterocycles. The molecule has 7 nitrogen and oxygen atoms in total. The van der Waals surface area contributed by atoms with Gasteiger partial charge in [-0.05, 0) is 12.8 Å². The van der Waals surface area contributed by atoms with Crippen LogP contribution in [0, 0.1) is 0 Å². The molecule has 4 rings (SSSR count). The summed E-state index contributed by atoms with van der Waals surface area (Å²) in [7, 11) is 1.87. The van der Waals surface area contributed by atoms with E-state index in [9.17, 15) is 4.79 Å². The molecule has 23 heavy (non-hydrogen) atoms. The van der Waals surface area contributed by atoms with Crippen LogP contribution >= 0.6 is 11.8 Å². The average molecular weight is 332 g/mol. The van der Waals surface area contributed by atoms with E-state index >= 15 is 0 Å². The smallest absolute Gasteiger partial charge is 0.245 e. The standard InChI is InChI=1S/C15H20N6OS/c1-19-13-11(9-18-19)14(17-10-16-13)21-4-2-3-12(21)15(22)20-5-7-23-8-6-20/h9-10,12H,2-8H2,1H3/t12-/m0/s1. The van der Waals surface area contributed by atoms with Crippen LogP contribution in [0.25, 0.3) is 11.0 Å². The molecule has 2 aliphatic rings. The summed E-state index contributed by atoms with van der Waals surface area (Å²) >= 11 is 1.92. The summed E-state index contributed by atoms with van der Waals surface area (Å²) in [4.78, 5) is 25.9. The van der Waals surface area contributed by atoms with Crippen molar-refractivity contribution in [3.05, 3.63) is 12.5 Å². The van der Waals surface area contributed by atoms with Crippen molar-refractivity contribution in [2.75, 3.05) is 36.0 Å². The predicted molar refractivity (Wildman–Crippen MR) is 90.6 cm³/mol. The van der Waals surface area contributed by atoms with Gasteiger partial charge in [0.25, 0.3) is 0 Å². The van der Waals surface area contributed by atoms with Crippen LogP contribution in [0.2, 0.25) is 0 Å². The van der Waals surface area contributed by atoms with Crippen LogP contribution in [0.4, 0.5) is 5.82 Å². The maximum atomic E-state index is 12.9. The molecular formula is C15H20N6OS. The lowest BCUT2D eigenvalue weighted by Gasteiger charge is -2.33. The molecule has 0 radical (unpaired) electrons. The van der Waals surface area contributed by atoms with Crippen LogP contribution in [-0.2, 0) is 11.8 Å². The summed E-state index contributed by atoms with van der Waals surface area (Å²) in [5, 5.41) is 5.20. The molecule has 2 aromatic heterocycles. The van der Waals surface area contributed by atoms with Crippen molar-refractivity contribution in [2.45, 2.75) is 18.9 Å². The molecule has 0 aliphatic carbocycles. The molecular weight excluding hydrogens is 312 g/mol. The van der Waals surface area contributed by atoms with Crippen LogP contribution in [-0.4, -0.2) is 67.7 Å². The van der Waals surface area contributed by atoms with Crippen LogP contribution in [0.3, 0.4) is 0 Å². The molecule has 122 valence electrons.